The fourth-order valence-corrected chi connectivity index (χ4v) is 4.90. The lowest BCUT2D eigenvalue weighted by atomic mass is 10.0. The van der Waals surface area contributed by atoms with Gasteiger partial charge >= 0.3 is 0 Å². The zero-order chi connectivity index (χ0) is 24.2. The van der Waals surface area contributed by atoms with Crippen LogP contribution in [0.5, 0.6) is 5.75 Å². The van der Waals surface area contributed by atoms with Crippen molar-refractivity contribution in [2.24, 2.45) is 0 Å². The maximum absolute atomic E-state index is 13.2. The third-order valence-corrected chi connectivity index (χ3v) is 6.79. The van der Waals surface area contributed by atoms with Gasteiger partial charge in [0.15, 0.2) is 4.32 Å². The first-order valence-corrected chi connectivity index (χ1v) is 12.1. The molecular formula is C28H20N2O3S2. The summed E-state index contributed by atoms with van der Waals surface area (Å²) in [4.78, 5) is 26.2. The standard InChI is InChI=1S/C28H20N2O3S2/c31-26(21-12-5-2-6-13-21)29-30-27(32)25(35-28(30)34)17-23-22-14-8-7-11-20(22)15-16-24(23)33-18-19-9-3-1-4-10-19/h1-17H,18H2,(H,29,31)/b25-17+. The molecule has 35 heavy (non-hydrogen) atoms. The van der Waals surface area contributed by atoms with Gasteiger partial charge in [0.05, 0.1) is 4.91 Å². The lowest BCUT2D eigenvalue weighted by Gasteiger charge is -2.15. The van der Waals surface area contributed by atoms with Gasteiger partial charge in [-0.1, -0.05) is 90.6 Å². The number of benzene rings is 4. The van der Waals surface area contributed by atoms with E-state index in [1.807, 2.05) is 72.8 Å². The molecule has 172 valence electrons. The Kier molecular flexibility index (Phi) is 6.61. The first-order chi connectivity index (χ1) is 17.1. The van der Waals surface area contributed by atoms with Gasteiger partial charge in [-0.2, -0.15) is 5.01 Å². The van der Waals surface area contributed by atoms with Gasteiger partial charge in [-0.3, -0.25) is 15.0 Å². The minimum absolute atomic E-state index is 0.262. The molecule has 4 aromatic rings. The van der Waals surface area contributed by atoms with Crippen molar-refractivity contribution in [2.45, 2.75) is 6.61 Å². The Labute approximate surface area is 212 Å². The zero-order valence-corrected chi connectivity index (χ0v) is 20.1. The minimum atomic E-state index is -0.403. The molecule has 5 nitrogen and oxygen atoms in total. The molecule has 7 heteroatoms. The summed E-state index contributed by atoms with van der Waals surface area (Å²) in [7, 11) is 0. The van der Waals surface area contributed by atoms with E-state index in [4.69, 9.17) is 17.0 Å². The van der Waals surface area contributed by atoms with Crippen LogP contribution in [0, 0.1) is 0 Å². The Morgan fingerprint density at radius 2 is 1.60 bits per heavy atom. The van der Waals surface area contributed by atoms with E-state index in [0.717, 1.165) is 38.7 Å². The highest BCUT2D eigenvalue weighted by Crippen LogP contribution is 2.36. The number of nitrogens with one attached hydrogen (secondary N) is 1. The molecule has 1 fully saturated rings. The van der Waals surface area contributed by atoms with Crippen molar-refractivity contribution in [3.8, 4) is 5.75 Å². The normalized spacial score (nSPS) is 14.5. The molecule has 0 radical (unpaired) electrons. The fourth-order valence-electron chi connectivity index (χ4n) is 3.74. The summed E-state index contributed by atoms with van der Waals surface area (Å²) in [5.41, 5.74) is 4.89. The topological polar surface area (TPSA) is 58.6 Å². The van der Waals surface area contributed by atoms with Crippen LogP contribution in [0.2, 0.25) is 0 Å². The van der Waals surface area contributed by atoms with Crippen LogP contribution in [-0.2, 0) is 11.4 Å². The number of nitrogens with zero attached hydrogens (tertiary/aromatic N) is 1. The first kappa shape index (κ1) is 22.8. The van der Waals surface area contributed by atoms with Gasteiger partial charge in [0, 0.05) is 11.1 Å². The van der Waals surface area contributed by atoms with Crippen LogP contribution < -0.4 is 10.2 Å². The lowest BCUT2D eigenvalue weighted by Crippen LogP contribution is -2.44. The molecule has 1 aliphatic rings. The minimum Gasteiger partial charge on any atom is -0.488 e. The van der Waals surface area contributed by atoms with Crippen LogP contribution in [0.25, 0.3) is 16.8 Å². The number of hydrogen-bond donors (Lipinski definition) is 1. The maximum atomic E-state index is 13.2. The van der Waals surface area contributed by atoms with Crippen LogP contribution in [0.15, 0.2) is 102 Å². The molecule has 1 aliphatic heterocycles. The number of ether oxygens (including phenoxy) is 1. The van der Waals surface area contributed by atoms with Gasteiger partial charge in [0.25, 0.3) is 11.8 Å². The predicted octanol–water partition coefficient (Wildman–Crippen LogP) is 5.97. The maximum Gasteiger partial charge on any atom is 0.285 e. The van der Waals surface area contributed by atoms with Crippen LogP contribution >= 0.6 is 24.0 Å². The summed E-state index contributed by atoms with van der Waals surface area (Å²) in [5.74, 6) is -0.127. The number of hydrazine groups is 1. The SMILES string of the molecule is O=C(NN1C(=O)/C(=C\c2c(OCc3ccccc3)ccc3ccccc23)SC1=S)c1ccccc1. The summed E-state index contributed by atoms with van der Waals surface area (Å²) in [6.45, 7) is 0.397. The molecule has 1 saturated heterocycles. The van der Waals surface area contributed by atoms with Gasteiger partial charge in [0.1, 0.15) is 12.4 Å². The molecule has 0 unspecified atom stereocenters. The van der Waals surface area contributed by atoms with Crippen LogP contribution in [-0.4, -0.2) is 21.1 Å². The Hall–Kier alpha value is -3.94. The summed E-state index contributed by atoms with van der Waals surface area (Å²) in [6.07, 6.45) is 1.79. The van der Waals surface area contributed by atoms with Gasteiger partial charge < -0.3 is 4.74 Å². The average Bonchev–Trinajstić information content (AvgIpc) is 3.16. The average molecular weight is 497 g/mol. The quantitative estimate of drug-likeness (QED) is 0.263. The van der Waals surface area contributed by atoms with Crippen molar-refractivity contribution in [3.05, 3.63) is 119 Å². The Morgan fingerprint density at radius 1 is 0.914 bits per heavy atom. The third kappa shape index (κ3) is 4.96. The van der Waals surface area contributed by atoms with E-state index in [-0.39, 0.29) is 10.2 Å². The largest absolute Gasteiger partial charge is 0.488 e. The van der Waals surface area contributed by atoms with Gasteiger partial charge in [-0.25, -0.2) is 0 Å². The van der Waals surface area contributed by atoms with E-state index < -0.39 is 5.91 Å². The zero-order valence-electron chi connectivity index (χ0n) is 18.5. The Morgan fingerprint density at radius 3 is 2.37 bits per heavy atom. The fraction of sp³-hybridized carbons (Fsp3) is 0.0357. The van der Waals surface area contributed by atoms with E-state index >= 15 is 0 Å². The third-order valence-electron chi connectivity index (χ3n) is 5.49. The number of thioether (sulfide) groups is 1. The number of thiocarbonyl (C=S) groups is 1. The van der Waals surface area contributed by atoms with Crippen molar-refractivity contribution in [1.82, 2.24) is 10.4 Å². The predicted molar refractivity (Wildman–Crippen MR) is 144 cm³/mol. The molecule has 0 spiro atoms. The molecule has 1 heterocycles. The van der Waals surface area contributed by atoms with E-state index in [1.165, 1.54) is 0 Å². The Balaban J connectivity index is 1.46. The highest BCUT2D eigenvalue weighted by molar-refractivity contribution is 8.26. The number of hydrogen-bond acceptors (Lipinski definition) is 5. The van der Waals surface area contributed by atoms with E-state index in [9.17, 15) is 9.59 Å². The number of amides is 2. The summed E-state index contributed by atoms with van der Waals surface area (Å²) in [5, 5.41) is 3.10. The molecule has 0 bridgehead atoms. The Bertz CT molecular complexity index is 1450. The van der Waals surface area contributed by atoms with Gasteiger partial charge in [-0.05, 0) is 52.8 Å². The summed E-state index contributed by atoms with van der Waals surface area (Å²) in [6, 6.07) is 30.4. The molecule has 4 aromatic carbocycles. The van der Waals surface area contributed by atoms with Gasteiger partial charge in [0.2, 0.25) is 0 Å². The molecule has 2 amide bonds. The van der Waals surface area contributed by atoms with E-state index in [0.29, 0.717) is 22.8 Å². The molecule has 5 rings (SSSR count). The first-order valence-electron chi connectivity index (χ1n) is 10.9. The lowest BCUT2D eigenvalue weighted by molar-refractivity contribution is -0.123. The molecular weight excluding hydrogens is 476 g/mol. The van der Waals surface area contributed by atoms with Crippen LogP contribution in [0.1, 0.15) is 21.5 Å². The number of carbonyl (C=O) groups excluding carboxylic acids is 2. The van der Waals surface area contributed by atoms with Crippen LogP contribution in [0.4, 0.5) is 0 Å². The molecule has 0 atom stereocenters. The second-order valence-corrected chi connectivity index (χ2v) is 9.47. The van der Waals surface area contributed by atoms with Gasteiger partial charge in [-0.15, -0.1) is 0 Å². The second-order valence-electron chi connectivity index (χ2n) is 7.80. The van der Waals surface area contributed by atoms with E-state index in [2.05, 4.69) is 5.43 Å². The molecule has 1 N–H and O–H groups in total. The van der Waals surface area contributed by atoms with Crippen molar-refractivity contribution in [2.75, 3.05) is 0 Å². The number of fused-ring (bicyclic) bond motifs is 1. The second kappa shape index (κ2) is 10.1. The van der Waals surface area contributed by atoms with E-state index in [1.54, 1.807) is 30.3 Å². The smallest absolute Gasteiger partial charge is 0.285 e. The van der Waals surface area contributed by atoms with Crippen molar-refractivity contribution in [3.63, 3.8) is 0 Å². The van der Waals surface area contributed by atoms with Crippen molar-refractivity contribution >= 4 is 57.0 Å². The number of rotatable bonds is 6. The molecule has 0 aliphatic carbocycles. The van der Waals surface area contributed by atoms with Crippen molar-refractivity contribution < 1.29 is 14.3 Å². The monoisotopic (exact) mass is 496 g/mol. The molecule has 0 aromatic heterocycles. The highest BCUT2D eigenvalue weighted by Gasteiger charge is 2.34. The summed E-state index contributed by atoms with van der Waals surface area (Å²) < 4.78 is 6.43. The highest BCUT2D eigenvalue weighted by atomic mass is 32.2. The number of carbonyl (C=O) groups is 2. The van der Waals surface area contributed by atoms with Crippen LogP contribution in [0.3, 0.4) is 0 Å². The summed E-state index contributed by atoms with van der Waals surface area (Å²) >= 11 is 6.55. The molecule has 0 saturated carbocycles. The van der Waals surface area contributed by atoms with Crippen molar-refractivity contribution in [1.29, 1.82) is 0 Å².